The van der Waals surface area contributed by atoms with E-state index in [-0.39, 0.29) is 6.61 Å². The Morgan fingerprint density at radius 3 is 3.00 bits per heavy atom. The predicted octanol–water partition coefficient (Wildman–Crippen LogP) is 0.645. The van der Waals surface area contributed by atoms with Gasteiger partial charge in [0.25, 0.3) is 0 Å². The zero-order valence-corrected chi connectivity index (χ0v) is 7.57. The van der Waals surface area contributed by atoms with Crippen molar-refractivity contribution in [3.8, 4) is 0 Å². The maximum absolute atomic E-state index is 12.6. The summed E-state index contributed by atoms with van der Waals surface area (Å²) in [7, 11) is 1.87. The van der Waals surface area contributed by atoms with Crippen LogP contribution in [0.15, 0.2) is 18.3 Å². The van der Waals surface area contributed by atoms with Crippen molar-refractivity contribution in [1.29, 1.82) is 0 Å². The Morgan fingerprint density at radius 2 is 2.38 bits per heavy atom. The molecule has 13 heavy (non-hydrogen) atoms. The smallest absolute Gasteiger partial charge is 0.213 e. The van der Waals surface area contributed by atoms with Crippen LogP contribution in [0.25, 0.3) is 0 Å². The van der Waals surface area contributed by atoms with Crippen molar-refractivity contribution in [1.82, 2.24) is 9.88 Å². The van der Waals surface area contributed by atoms with Crippen molar-refractivity contribution in [2.75, 3.05) is 20.2 Å². The van der Waals surface area contributed by atoms with E-state index in [1.54, 1.807) is 6.07 Å². The van der Waals surface area contributed by atoms with E-state index in [0.717, 1.165) is 5.56 Å². The third-order valence-electron chi connectivity index (χ3n) is 1.73. The van der Waals surface area contributed by atoms with Crippen LogP contribution in [-0.2, 0) is 6.54 Å². The highest BCUT2D eigenvalue weighted by Crippen LogP contribution is 2.03. The molecule has 0 aliphatic rings. The van der Waals surface area contributed by atoms with E-state index in [1.807, 2.05) is 11.9 Å². The average Bonchev–Trinajstić information content (AvgIpc) is 2.04. The van der Waals surface area contributed by atoms with Crippen molar-refractivity contribution in [3.05, 3.63) is 29.8 Å². The molecule has 0 radical (unpaired) electrons. The van der Waals surface area contributed by atoms with Gasteiger partial charge in [-0.2, -0.15) is 4.39 Å². The first-order valence-electron chi connectivity index (χ1n) is 4.12. The number of aromatic nitrogens is 1. The molecule has 1 aromatic rings. The van der Waals surface area contributed by atoms with Crippen LogP contribution < -0.4 is 0 Å². The quantitative estimate of drug-likeness (QED) is 0.698. The molecule has 0 bridgehead atoms. The van der Waals surface area contributed by atoms with Crippen molar-refractivity contribution in [3.63, 3.8) is 0 Å². The molecule has 4 heteroatoms. The van der Waals surface area contributed by atoms with Gasteiger partial charge in [-0.3, -0.25) is 4.90 Å². The summed E-state index contributed by atoms with van der Waals surface area (Å²) in [5, 5.41) is 8.64. The second-order valence-electron chi connectivity index (χ2n) is 2.95. The summed E-state index contributed by atoms with van der Waals surface area (Å²) in [5.74, 6) is -0.463. The van der Waals surface area contributed by atoms with Crippen molar-refractivity contribution >= 4 is 0 Å². The van der Waals surface area contributed by atoms with Gasteiger partial charge in [0.15, 0.2) is 0 Å². The normalized spacial score (nSPS) is 10.8. The molecule has 0 aromatic carbocycles. The second-order valence-corrected chi connectivity index (χ2v) is 2.95. The van der Waals surface area contributed by atoms with Gasteiger partial charge >= 0.3 is 0 Å². The van der Waals surface area contributed by atoms with Crippen LogP contribution in [0.4, 0.5) is 4.39 Å². The maximum atomic E-state index is 12.6. The Balaban J connectivity index is 2.53. The van der Waals surface area contributed by atoms with Gasteiger partial charge in [-0.25, -0.2) is 4.98 Å². The summed E-state index contributed by atoms with van der Waals surface area (Å²) in [5.41, 5.74) is 0.864. The Bertz CT molecular complexity index is 268. The molecule has 0 saturated carbocycles. The highest BCUT2D eigenvalue weighted by atomic mass is 19.1. The van der Waals surface area contributed by atoms with Crippen molar-refractivity contribution in [2.45, 2.75) is 6.54 Å². The van der Waals surface area contributed by atoms with Gasteiger partial charge in [-0.15, -0.1) is 0 Å². The number of rotatable bonds is 4. The lowest BCUT2D eigenvalue weighted by Crippen LogP contribution is -2.21. The van der Waals surface area contributed by atoms with Crippen LogP contribution in [0.1, 0.15) is 5.56 Å². The molecule has 1 N–H and O–H groups in total. The van der Waals surface area contributed by atoms with Crippen LogP contribution in [0.3, 0.4) is 0 Å². The summed E-state index contributed by atoms with van der Waals surface area (Å²) >= 11 is 0. The van der Waals surface area contributed by atoms with Gasteiger partial charge in [-0.05, 0) is 24.7 Å². The number of hydrogen-bond acceptors (Lipinski definition) is 3. The Hall–Kier alpha value is -1.00. The third-order valence-corrected chi connectivity index (χ3v) is 1.73. The van der Waals surface area contributed by atoms with Crippen LogP contribution in [0.5, 0.6) is 0 Å². The standard InChI is InChI=1S/C9H13FN2O/c1-12(4-5-13)7-8-2-3-11-9(10)6-8/h2-3,6,13H,4-5,7H2,1H3. The summed E-state index contributed by atoms with van der Waals surface area (Å²) in [4.78, 5) is 5.37. The predicted molar refractivity (Wildman–Crippen MR) is 47.6 cm³/mol. The third kappa shape index (κ3) is 3.48. The lowest BCUT2D eigenvalue weighted by molar-refractivity contribution is 0.217. The topological polar surface area (TPSA) is 36.4 Å². The molecule has 0 spiro atoms. The van der Waals surface area contributed by atoms with Crippen LogP contribution >= 0.6 is 0 Å². The Morgan fingerprint density at radius 1 is 1.62 bits per heavy atom. The molecule has 0 amide bonds. The summed E-state index contributed by atoms with van der Waals surface area (Å²) in [6, 6.07) is 3.16. The Kier molecular flexibility index (Phi) is 3.79. The largest absolute Gasteiger partial charge is 0.395 e. The van der Waals surface area contributed by atoms with E-state index in [2.05, 4.69) is 4.98 Å². The fraction of sp³-hybridized carbons (Fsp3) is 0.444. The number of halogens is 1. The van der Waals surface area contributed by atoms with Gasteiger partial charge in [0.1, 0.15) is 0 Å². The number of aliphatic hydroxyl groups is 1. The number of nitrogens with zero attached hydrogens (tertiary/aromatic N) is 2. The van der Waals surface area contributed by atoms with E-state index in [1.165, 1.54) is 12.3 Å². The van der Waals surface area contributed by atoms with Gasteiger partial charge in [0.05, 0.1) is 6.61 Å². The van der Waals surface area contributed by atoms with E-state index in [0.29, 0.717) is 13.1 Å². The number of pyridine rings is 1. The van der Waals surface area contributed by atoms with E-state index >= 15 is 0 Å². The highest BCUT2D eigenvalue weighted by Gasteiger charge is 2.00. The van der Waals surface area contributed by atoms with Crippen LogP contribution in [-0.4, -0.2) is 35.2 Å². The minimum atomic E-state index is -0.463. The van der Waals surface area contributed by atoms with Crippen molar-refractivity contribution in [2.24, 2.45) is 0 Å². The zero-order chi connectivity index (χ0) is 9.68. The highest BCUT2D eigenvalue weighted by molar-refractivity contribution is 5.10. The first kappa shape index (κ1) is 10.1. The maximum Gasteiger partial charge on any atom is 0.213 e. The fourth-order valence-corrected chi connectivity index (χ4v) is 1.10. The first-order valence-corrected chi connectivity index (χ1v) is 4.12. The SMILES string of the molecule is CN(CCO)Cc1ccnc(F)c1. The first-order chi connectivity index (χ1) is 6.22. The molecule has 0 saturated heterocycles. The van der Waals surface area contributed by atoms with E-state index in [9.17, 15) is 4.39 Å². The van der Waals surface area contributed by atoms with E-state index < -0.39 is 5.95 Å². The van der Waals surface area contributed by atoms with Gasteiger partial charge in [-0.1, -0.05) is 0 Å². The average molecular weight is 184 g/mol. The van der Waals surface area contributed by atoms with Gasteiger partial charge < -0.3 is 5.11 Å². The molecule has 0 aliphatic heterocycles. The molecule has 1 aromatic heterocycles. The minimum Gasteiger partial charge on any atom is -0.395 e. The molecule has 0 atom stereocenters. The van der Waals surface area contributed by atoms with Gasteiger partial charge in [0.2, 0.25) is 5.95 Å². The monoisotopic (exact) mass is 184 g/mol. The van der Waals surface area contributed by atoms with Crippen LogP contribution in [0.2, 0.25) is 0 Å². The number of hydrogen-bond donors (Lipinski definition) is 1. The molecule has 1 heterocycles. The molecular formula is C9H13FN2O. The number of likely N-dealkylation sites (N-methyl/N-ethyl adjacent to an activating group) is 1. The molecular weight excluding hydrogens is 171 g/mol. The minimum absolute atomic E-state index is 0.115. The lowest BCUT2D eigenvalue weighted by Gasteiger charge is -2.14. The van der Waals surface area contributed by atoms with E-state index in [4.69, 9.17) is 5.11 Å². The van der Waals surface area contributed by atoms with Crippen molar-refractivity contribution < 1.29 is 9.50 Å². The Labute approximate surface area is 76.8 Å². The summed E-state index contributed by atoms with van der Waals surface area (Å²) in [6.45, 7) is 1.33. The van der Waals surface area contributed by atoms with Gasteiger partial charge in [0, 0.05) is 19.3 Å². The molecule has 0 fully saturated rings. The number of aliphatic hydroxyl groups excluding tert-OH is 1. The summed E-state index contributed by atoms with van der Waals surface area (Å²) in [6.07, 6.45) is 1.44. The zero-order valence-electron chi connectivity index (χ0n) is 7.57. The van der Waals surface area contributed by atoms with Crippen LogP contribution in [0, 0.1) is 5.95 Å². The molecule has 72 valence electrons. The molecule has 1 rings (SSSR count). The second kappa shape index (κ2) is 4.89. The summed E-state index contributed by atoms with van der Waals surface area (Å²) < 4.78 is 12.6. The molecule has 0 aliphatic carbocycles. The lowest BCUT2D eigenvalue weighted by atomic mass is 10.2. The molecule has 3 nitrogen and oxygen atoms in total. The molecule has 0 unspecified atom stereocenters. The fourth-order valence-electron chi connectivity index (χ4n) is 1.10.